The van der Waals surface area contributed by atoms with Gasteiger partial charge in [-0.1, -0.05) is 57.1 Å². The van der Waals surface area contributed by atoms with Gasteiger partial charge in [0.25, 0.3) is 0 Å². The van der Waals surface area contributed by atoms with E-state index in [0.29, 0.717) is 0 Å². The Morgan fingerprint density at radius 3 is 1.52 bits per heavy atom. The summed E-state index contributed by atoms with van der Waals surface area (Å²) in [6.07, 6.45) is 19.2. The van der Waals surface area contributed by atoms with Crippen molar-refractivity contribution in [3.8, 4) is 0 Å². The third kappa shape index (κ3) is 14.9. The Morgan fingerprint density at radius 2 is 1.09 bits per heavy atom. The minimum atomic E-state index is 0.214. The lowest BCUT2D eigenvalue weighted by molar-refractivity contribution is -0.910. The van der Waals surface area contributed by atoms with Crippen LogP contribution in [0.1, 0.15) is 77.6 Å². The smallest absolute Gasteiger partial charge is 0.102 e. The van der Waals surface area contributed by atoms with Crippen molar-refractivity contribution in [1.29, 1.82) is 0 Å². The van der Waals surface area contributed by atoms with Crippen molar-refractivity contribution in [2.24, 2.45) is 0 Å². The van der Waals surface area contributed by atoms with Gasteiger partial charge in [-0.05, 0) is 32.6 Å². The zero-order valence-electron chi connectivity index (χ0n) is 15.8. The van der Waals surface area contributed by atoms with Gasteiger partial charge in [-0.15, -0.1) is 0 Å². The van der Waals surface area contributed by atoms with E-state index in [2.05, 4.69) is 26.1 Å². The van der Waals surface area contributed by atoms with Crippen LogP contribution in [0, 0.1) is 0 Å². The van der Waals surface area contributed by atoms with Crippen LogP contribution < -0.4 is 0 Å². The molecule has 0 heterocycles. The Balaban J connectivity index is 3.35. The molecule has 0 saturated heterocycles. The molecule has 0 fully saturated rings. The highest BCUT2D eigenvalue weighted by Gasteiger charge is 2.19. The highest BCUT2D eigenvalue weighted by Crippen LogP contribution is 2.13. The quantitative estimate of drug-likeness (QED) is 0.238. The Bertz CT molecular complexity index is 260. The van der Waals surface area contributed by atoms with Gasteiger partial charge in [0, 0.05) is 0 Å². The number of hydrogen-bond donors (Lipinski definition) is 2. The molecule has 0 unspecified atom stereocenters. The molecule has 0 aliphatic heterocycles. The van der Waals surface area contributed by atoms with Crippen molar-refractivity contribution in [2.75, 3.05) is 39.9 Å². The first-order valence-electron chi connectivity index (χ1n) is 9.85. The summed E-state index contributed by atoms with van der Waals surface area (Å²) < 4.78 is 0.806. The number of rotatable bonds is 17. The largest absolute Gasteiger partial charge is 0.391 e. The standard InChI is InChI=1S/C20H42NO2/c1-3-4-5-6-7-8-9-10-11-12-13-14-15-16-21(2,17-19-22)18-20-23/h3-4,22-23H,5-20H2,1-2H3/q+1/b4-3-. The molecule has 0 atom stereocenters. The first kappa shape index (κ1) is 22.6. The highest BCUT2D eigenvalue weighted by molar-refractivity contribution is 4.76. The van der Waals surface area contributed by atoms with E-state index >= 15 is 0 Å². The summed E-state index contributed by atoms with van der Waals surface area (Å²) in [6, 6.07) is 0. The second kappa shape index (κ2) is 16.5. The maximum Gasteiger partial charge on any atom is 0.102 e. The Hall–Kier alpha value is -0.380. The van der Waals surface area contributed by atoms with Gasteiger partial charge in [-0.25, -0.2) is 0 Å². The van der Waals surface area contributed by atoms with Crippen LogP contribution in [0.5, 0.6) is 0 Å². The van der Waals surface area contributed by atoms with Crippen LogP contribution in [0.3, 0.4) is 0 Å². The molecule has 0 aliphatic rings. The Labute approximate surface area is 145 Å². The van der Waals surface area contributed by atoms with Crippen molar-refractivity contribution >= 4 is 0 Å². The number of unbranched alkanes of at least 4 members (excludes halogenated alkanes) is 10. The third-order valence-electron chi connectivity index (χ3n) is 4.83. The fourth-order valence-electron chi connectivity index (χ4n) is 3.15. The van der Waals surface area contributed by atoms with Gasteiger partial charge in [0.2, 0.25) is 0 Å². The number of likely N-dealkylation sites (N-methyl/N-ethyl adjacent to an activating group) is 1. The lowest BCUT2D eigenvalue weighted by atomic mass is 10.1. The molecule has 0 bridgehead atoms. The lowest BCUT2D eigenvalue weighted by Crippen LogP contribution is -2.48. The van der Waals surface area contributed by atoms with Gasteiger partial charge in [0.05, 0.1) is 26.8 Å². The van der Waals surface area contributed by atoms with Gasteiger partial charge in [-0.2, -0.15) is 0 Å². The van der Waals surface area contributed by atoms with E-state index in [4.69, 9.17) is 10.2 Å². The van der Waals surface area contributed by atoms with E-state index in [1.165, 1.54) is 70.6 Å². The van der Waals surface area contributed by atoms with Crippen molar-refractivity contribution in [3.05, 3.63) is 12.2 Å². The first-order chi connectivity index (χ1) is 11.2. The number of nitrogens with zero attached hydrogens (tertiary/aromatic N) is 1. The first-order valence-corrected chi connectivity index (χ1v) is 9.85. The highest BCUT2D eigenvalue weighted by atomic mass is 16.3. The zero-order valence-corrected chi connectivity index (χ0v) is 15.8. The molecule has 0 aliphatic carbocycles. The van der Waals surface area contributed by atoms with Crippen LogP contribution in [0.15, 0.2) is 12.2 Å². The molecule has 0 aromatic rings. The SMILES string of the molecule is C/C=C\CCCCCCCCCCCC[N+](C)(CCO)CCO. The average Bonchev–Trinajstić information content (AvgIpc) is 2.52. The third-order valence-corrected chi connectivity index (χ3v) is 4.83. The number of allylic oxidation sites excluding steroid dienone is 2. The maximum absolute atomic E-state index is 9.13. The van der Waals surface area contributed by atoms with E-state index in [9.17, 15) is 0 Å². The van der Waals surface area contributed by atoms with Crippen molar-refractivity contribution in [1.82, 2.24) is 0 Å². The Morgan fingerprint density at radius 1 is 0.652 bits per heavy atom. The van der Waals surface area contributed by atoms with E-state index in [-0.39, 0.29) is 13.2 Å². The molecule has 23 heavy (non-hydrogen) atoms. The van der Waals surface area contributed by atoms with Crippen LogP contribution in [0.4, 0.5) is 0 Å². The lowest BCUT2D eigenvalue weighted by Gasteiger charge is -2.33. The molecule has 3 heteroatoms. The van der Waals surface area contributed by atoms with Crippen molar-refractivity contribution in [3.63, 3.8) is 0 Å². The molecule has 0 radical (unpaired) electrons. The summed E-state index contributed by atoms with van der Waals surface area (Å²) in [5.41, 5.74) is 0. The number of aliphatic hydroxyl groups excluding tert-OH is 2. The molecule has 0 amide bonds. The molecule has 0 rings (SSSR count). The molecule has 2 N–H and O–H groups in total. The number of quaternary nitrogens is 1. The van der Waals surface area contributed by atoms with Crippen molar-refractivity contribution in [2.45, 2.75) is 77.6 Å². The van der Waals surface area contributed by atoms with Gasteiger partial charge in [0.15, 0.2) is 0 Å². The predicted molar refractivity (Wildman–Crippen MR) is 101 cm³/mol. The fourth-order valence-corrected chi connectivity index (χ4v) is 3.15. The maximum atomic E-state index is 9.13. The van der Waals surface area contributed by atoms with Gasteiger partial charge in [0.1, 0.15) is 13.1 Å². The average molecular weight is 329 g/mol. The van der Waals surface area contributed by atoms with Gasteiger partial charge >= 0.3 is 0 Å². The molecule has 3 nitrogen and oxygen atoms in total. The number of aliphatic hydroxyl groups is 2. The summed E-state index contributed by atoms with van der Waals surface area (Å²) in [5, 5.41) is 18.3. The minimum Gasteiger partial charge on any atom is -0.391 e. The second-order valence-corrected chi connectivity index (χ2v) is 7.13. The van der Waals surface area contributed by atoms with Crippen LogP contribution in [-0.2, 0) is 0 Å². The van der Waals surface area contributed by atoms with E-state index in [1.807, 2.05) is 0 Å². The van der Waals surface area contributed by atoms with Crippen molar-refractivity contribution < 1.29 is 14.7 Å². The summed E-state index contributed by atoms with van der Waals surface area (Å²) in [7, 11) is 2.14. The van der Waals surface area contributed by atoms with Crippen LogP contribution in [0.2, 0.25) is 0 Å². The second-order valence-electron chi connectivity index (χ2n) is 7.13. The van der Waals surface area contributed by atoms with Crippen LogP contribution >= 0.6 is 0 Å². The van der Waals surface area contributed by atoms with E-state index in [0.717, 1.165) is 24.1 Å². The van der Waals surface area contributed by atoms with Crippen LogP contribution in [-0.4, -0.2) is 54.6 Å². The summed E-state index contributed by atoms with van der Waals surface area (Å²) in [6.45, 7) is 5.12. The number of hydrogen-bond acceptors (Lipinski definition) is 2. The molecule has 0 saturated carbocycles. The van der Waals surface area contributed by atoms with Crippen LogP contribution in [0.25, 0.3) is 0 Å². The van der Waals surface area contributed by atoms with Gasteiger partial charge in [-0.3, -0.25) is 0 Å². The topological polar surface area (TPSA) is 40.5 Å². The van der Waals surface area contributed by atoms with E-state index in [1.54, 1.807) is 0 Å². The predicted octanol–water partition coefficient (Wildman–Crippen LogP) is 4.28. The molecule has 0 aromatic heterocycles. The molecule has 0 spiro atoms. The van der Waals surface area contributed by atoms with Gasteiger partial charge < -0.3 is 14.7 Å². The van der Waals surface area contributed by atoms with E-state index < -0.39 is 0 Å². The summed E-state index contributed by atoms with van der Waals surface area (Å²) in [4.78, 5) is 0. The fraction of sp³-hybridized carbons (Fsp3) is 0.900. The minimum absolute atomic E-state index is 0.214. The summed E-state index contributed by atoms with van der Waals surface area (Å²) in [5.74, 6) is 0. The summed E-state index contributed by atoms with van der Waals surface area (Å²) >= 11 is 0. The molecule has 138 valence electrons. The normalized spacial score (nSPS) is 12.3. The molecular weight excluding hydrogens is 286 g/mol. The zero-order chi connectivity index (χ0) is 17.2. The monoisotopic (exact) mass is 328 g/mol. The molecule has 0 aromatic carbocycles. The molecular formula is C20H42NO2+. The Kier molecular flexibility index (Phi) is 16.2.